The Hall–Kier alpha value is -1.07. The molecular formula is C15H18N2OS2. The van der Waals surface area contributed by atoms with Crippen molar-refractivity contribution in [3.63, 3.8) is 0 Å². The van der Waals surface area contributed by atoms with Gasteiger partial charge in [-0.1, -0.05) is 18.2 Å². The van der Waals surface area contributed by atoms with E-state index in [1.165, 1.54) is 16.5 Å². The number of hydrogen-bond acceptors (Lipinski definition) is 3. The van der Waals surface area contributed by atoms with E-state index in [9.17, 15) is 4.79 Å². The van der Waals surface area contributed by atoms with Crippen LogP contribution in [0.5, 0.6) is 0 Å². The lowest BCUT2D eigenvalue weighted by Crippen LogP contribution is -2.30. The number of thioether (sulfide) groups is 2. The molecule has 1 aromatic heterocycles. The summed E-state index contributed by atoms with van der Waals surface area (Å²) in [5.41, 5.74) is 2.49. The number of amides is 1. The molecule has 2 heterocycles. The van der Waals surface area contributed by atoms with Gasteiger partial charge < -0.3 is 9.47 Å². The zero-order valence-corrected chi connectivity index (χ0v) is 13.3. The largest absolute Gasteiger partial charge is 0.350 e. The fourth-order valence-corrected chi connectivity index (χ4v) is 4.33. The van der Waals surface area contributed by atoms with Crippen molar-refractivity contribution in [1.29, 1.82) is 0 Å². The number of benzene rings is 1. The number of carbonyl (C=O) groups is 1. The van der Waals surface area contributed by atoms with Gasteiger partial charge in [-0.2, -0.15) is 11.8 Å². The maximum Gasteiger partial charge on any atom is 0.233 e. The van der Waals surface area contributed by atoms with Crippen LogP contribution in [0.15, 0.2) is 30.5 Å². The minimum atomic E-state index is 0.167. The molecule has 1 fully saturated rings. The highest BCUT2D eigenvalue weighted by atomic mass is 32.2. The molecule has 0 spiro atoms. The molecule has 5 heteroatoms. The molecule has 1 unspecified atom stereocenters. The van der Waals surface area contributed by atoms with Crippen molar-refractivity contribution in [2.45, 2.75) is 5.37 Å². The Labute approximate surface area is 127 Å². The Balaban J connectivity index is 1.99. The van der Waals surface area contributed by atoms with E-state index in [4.69, 9.17) is 0 Å². The van der Waals surface area contributed by atoms with E-state index in [0.717, 1.165) is 12.3 Å². The van der Waals surface area contributed by atoms with Crippen LogP contribution in [-0.4, -0.2) is 39.7 Å². The molecule has 1 saturated heterocycles. The van der Waals surface area contributed by atoms with Crippen molar-refractivity contribution < 1.29 is 4.79 Å². The Morgan fingerprint density at radius 3 is 3.00 bits per heavy atom. The molecule has 1 atom stereocenters. The molecule has 1 amide bonds. The zero-order chi connectivity index (χ0) is 14.1. The van der Waals surface area contributed by atoms with Crippen molar-refractivity contribution >= 4 is 40.3 Å². The fourth-order valence-electron chi connectivity index (χ4n) is 2.71. The maximum atomic E-state index is 12.1. The van der Waals surface area contributed by atoms with Gasteiger partial charge in [0, 0.05) is 42.0 Å². The van der Waals surface area contributed by atoms with Crippen molar-refractivity contribution in [3.8, 4) is 0 Å². The number of aryl methyl sites for hydroxylation is 1. The van der Waals surface area contributed by atoms with E-state index in [0.29, 0.717) is 5.75 Å². The number of fused-ring (bicyclic) bond motifs is 1. The molecule has 2 aromatic rings. The summed E-state index contributed by atoms with van der Waals surface area (Å²) in [6.07, 6.45) is 4.26. The highest BCUT2D eigenvalue weighted by molar-refractivity contribution is 8.00. The summed E-state index contributed by atoms with van der Waals surface area (Å²) in [6.45, 7) is 0.834. The van der Waals surface area contributed by atoms with Crippen molar-refractivity contribution in [1.82, 2.24) is 9.47 Å². The lowest BCUT2D eigenvalue weighted by atomic mass is 10.1. The van der Waals surface area contributed by atoms with Crippen LogP contribution in [0.2, 0.25) is 0 Å². The Morgan fingerprint density at radius 1 is 1.40 bits per heavy atom. The zero-order valence-electron chi connectivity index (χ0n) is 11.7. The van der Waals surface area contributed by atoms with E-state index in [-0.39, 0.29) is 11.3 Å². The van der Waals surface area contributed by atoms with Gasteiger partial charge in [0.1, 0.15) is 5.37 Å². The minimum absolute atomic E-state index is 0.167. The molecule has 1 aliphatic heterocycles. The first kappa shape index (κ1) is 13.9. The highest BCUT2D eigenvalue weighted by Crippen LogP contribution is 2.41. The summed E-state index contributed by atoms with van der Waals surface area (Å²) >= 11 is 3.53. The molecule has 106 valence electrons. The summed E-state index contributed by atoms with van der Waals surface area (Å²) in [5, 5.41) is 1.43. The normalized spacial score (nSPS) is 19.2. The second kappa shape index (κ2) is 5.74. The van der Waals surface area contributed by atoms with Gasteiger partial charge >= 0.3 is 0 Å². The van der Waals surface area contributed by atoms with E-state index in [1.54, 1.807) is 23.5 Å². The first-order valence-electron chi connectivity index (χ1n) is 6.66. The maximum absolute atomic E-state index is 12.1. The van der Waals surface area contributed by atoms with Crippen LogP contribution in [0.1, 0.15) is 10.9 Å². The number of carbonyl (C=O) groups excluding carboxylic acids is 1. The van der Waals surface area contributed by atoms with Gasteiger partial charge in [0.05, 0.1) is 5.75 Å². The van der Waals surface area contributed by atoms with Crippen LogP contribution in [0.4, 0.5) is 0 Å². The molecule has 0 N–H and O–H groups in total. The molecular weight excluding hydrogens is 288 g/mol. The molecule has 1 aromatic carbocycles. The Bertz CT molecular complexity index is 638. The van der Waals surface area contributed by atoms with Crippen LogP contribution in [0.3, 0.4) is 0 Å². The van der Waals surface area contributed by atoms with Gasteiger partial charge in [-0.3, -0.25) is 4.79 Å². The van der Waals surface area contributed by atoms with Gasteiger partial charge in [0.15, 0.2) is 0 Å². The third-order valence-corrected chi connectivity index (χ3v) is 5.53. The molecule has 0 radical (unpaired) electrons. The predicted molar refractivity (Wildman–Crippen MR) is 88.2 cm³/mol. The first-order chi connectivity index (χ1) is 9.72. The van der Waals surface area contributed by atoms with Crippen LogP contribution in [0.25, 0.3) is 10.9 Å². The number of hydrogen-bond donors (Lipinski definition) is 0. The summed E-state index contributed by atoms with van der Waals surface area (Å²) in [6, 6.07) is 8.41. The number of para-hydroxylation sites is 1. The second-order valence-electron chi connectivity index (χ2n) is 4.96. The fraction of sp³-hybridized carbons (Fsp3) is 0.400. The standard InChI is InChI=1S/C15H18N2OS2/c1-16-9-12(11-5-3-4-6-13(11)16)15-17(7-8-19-2)14(18)10-20-15/h3-6,9,15H,7-8,10H2,1-2H3. The summed E-state index contributed by atoms with van der Waals surface area (Å²) in [4.78, 5) is 14.1. The monoisotopic (exact) mass is 306 g/mol. The molecule has 3 rings (SSSR count). The molecule has 20 heavy (non-hydrogen) atoms. The van der Waals surface area contributed by atoms with Crippen molar-refractivity contribution in [3.05, 3.63) is 36.0 Å². The molecule has 0 bridgehead atoms. The Kier molecular flexibility index (Phi) is 3.98. The van der Waals surface area contributed by atoms with Crippen molar-refractivity contribution in [2.75, 3.05) is 24.3 Å². The van der Waals surface area contributed by atoms with Gasteiger partial charge in [0.2, 0.25) is 5.91 Å². The summed E-state index contributed by atoms with van der Waals surface area (Å²) in [7, 11) is 2.07. The van der Waals surface area contributed by atoms with E-state index < -0.39 is 0 Å². The average Bonchev–Trinajstić information content (AvgIpc) is 2.98. The summed E-state index contributed by atoms with van der Waals surface area (Å²) < 4.78 is 2.15. The predicted octanol–water partition coefficient (Wildman–Crippen LogP) is 3.12. The number of rotatable bonds is 4. The van der Waals surface area contributed by atoms with E-state index in [2.05, 4.69) is 48.3 Å². The minimum Gasteiger partial charge on any atom is -0.350 e. The third-order valence-electron chi connectivity index (χ3n) is 3.70. The smallest absolute Gasteiger partial charge is 0.233 e. The van der Waals surface area contributed by atoms with E-state index >= 15 is 0 Å². The molecule has 0 aliphatic carbocycles. The average molecular weight is 306 g/mol. The Morgan fingerprint density at radius 2 is 2.20 bits per heavy atom. The van der Waals surface area contributed by atoms with Gasteiger partial charge in [-0.05, 0) is 12.3 Å². The van der Waals surface area contributed by atoms with Crippen LogP contribution >= 0.6 is 23.5 Å². The number of aromatic nitrogens is 1. The van der Waals surface area contributed by atoms with Crippen LogP contribution < -0.4 is 0 Å². The highest BCUT2D eigenvalue weighted by Gasteiger charge is 2.33. The number of nitrogens with zero attached hydrogens (tertiary/aromatic N) is 2. The topological polar surface area (TPSA) is 25.2 Å². The summed E-state index contributed by atoms with van der Waals surface area (Å²) in [5.74, 6) is 1.86. The van der Waals surface area contributed by atoms with E-state index in [1.807, 2.05) is 4.90 Å². The third kappa shape index (κ3) is 2.33. The lowest BCUT2D eigenvalue weighted by molar-refractivity contribution is -0.127. The van der Waals surface area contributed by atoms with Crippen LogP contribution in [0, 0.1) is 0 Å². The van der Waals surface area contributed by atoms with Crippen molar-refractivity contribution in [2.24, 2.45) is 7.05 Å². The van der Waals surface area contributed by atoms with Gasteiger partial charge in [-0.25, -0.2) is 0 Å². The van der Waals surface area contributed by atoms with Gasteiger partial charge in [0.25, 0.3) is 0 Å². The quantitative estimate of drug-likeness (QED) is 0.868. The SMILES string of the molecule is CSCCN1C(=O)CSC1c1cn(C)c2ccccc12. The van der Waals surface area contributed by atoms with Gasteiger partial charge in [-0.15, -0.1) is 11.8 Å². The molecule has 0 saturated carbocycles. The first-order valence-corrected chi connectivity index (χ1v) is 9.10. The lowest BCUT2D eigenvalue weighted by Gasteiger charge is -2.23. The van der Waals surface area contributed by atoms with Crippen LogP contribution in [-0.2, 0) is 11.8 Å². The second-order valence-corrected chi connectivity index (χ2v) is 7.01. The molecule has 1 aliphatic rings. The molecule has 3 nitrogen and oxygen atoms in total.